The van der Waals surface area contributed by atoms with Gasteiger partial charge in [-0.05, 0) is 77.7 Å². The average molecular weight is 595 g/mol. The van der Waals surface area contributed by atoms with Gasteiger partial charge in [0.1, 0.15) is 5.52 Å². The summed E-state index contributed by atoms with van der Waals surface area (Å²) in [5.41, 5.74) is 8.29. The van der Waals surface area contributed by atoms with Gasteiger partial charge in [-0.2, -0.15) is 0 Å². The predicted octanol–water partition coefficient (Wildman–Crippen LogP) is 12.2. The van der Waals surface area contributed by atoms with Crippen LogP contribution in [0.25, 0.3) is 64.6 Å². The van der Waals surface area contributed by atoms with Crippen molar-refractivity contribution in [1.29, 1.82) is 0 Å². The van der Waals surface area contributed by atoms with Crippen LogP contribution in [-0.2, 0) is 0 Å². The predicted molar refractivity (Wildman–Crippen MR) is 190 cm³/mol. The van der Waals surface area contributed by atoms with Crippen LogP contribution in [0.3, 0.4) is 0 Å². The summed E-state index contributed by atoms with van der Waals surface area (Å²) in [6.07, 6.45) is 0. The number of anilines is 3. The highest BCUT2D eigenvalue weighted by atomic mass is 32.1. The molecule has 45 heavy (non-hydrogen) atoms. The van der Waals surface area contributed by atoms with E-state index in [-0.39, 0.29) is 0 Å². The SMILES string of the molecule is c1ccc(-c2nc3ccc4cc(N(c5ccc6sc7ccccc7c6c5)c5ccccc5-c5ccccc5)ccc4c3o2)cc1. The maximum absolute atomic E-state index is 6.37. The summed E-state index contributed by atoms with van der Waals surface area (Å²) in [4.78, 5) is 7.19. The molecule has 2 heterocycles. The number of para-hydroxylation sites is 1. The molecule has 0 N–H and O–H groups in total. The smallest absolute Gasteiger partial charge is 0.227 e. The van der Waals surface area contributed by atoms with E-state index >= 15 is 0 Å². The lowest BCUT2D eigenvalue weighted by molar-refractivity contribution is 0.623. The zero-order valence-corrected chi connectivity index (χ0v) is 25.0. The van der Waals surface area contributed by atoms with Gasteiger partial charge in [-0.1, -0.05) is 91.0 Å². The molecule has 0 aliphatic carbocycles. The lowest BCUT2D eigenvalue weighted by Crippen LogP contribution is -2.11. The van der Waals surface area contributed by atoms with E-state index in [0.717, 1.165) is 44.5 Å². The van der Waals surface area contributed by atoms with Crippen LogP contribution in [0.2, 0.25) is 0 Å². The van der Waals surface area contributed by atoms with Gasteiger partial charge < -0.3 is 9.32 Å². The lowest BCUT2D eigenvalue weighted by atomic mass is 10.0. The molecule has 0 fully saturated rings. The van der Waals surface area contributed by atoms with Crippen LogP contribution in [0.4, 0.5) is 17.1 Å². The molecule has 0 bridgehead atoms. The van der Waals surface area contributed by atoms with Crippen LogP contribution in [0.1, 0.15) is 0 Å². The quantitative estimate of drug-likeness (QED) is 0.198. The molecular weight excluding hydrogens is 569 g/mol. The summed E-state index contributed by atoms with van der Waals surface area (Å²) in [7, 11) is 0. The van der Waals surface area contributed by atoms with Crippen LogP contribution >= 0.6 is 11.3 Å². The normalized spacial score (nSPS) is 11.6. The fraction of sp³-hybridized carbons (Fsp3) is 0. The van der Waals surface area contributed by atoms with Gasteiger partial charge in [-0.15, -0.1) is 11.3 Å². The fourth-order valence-corrected chi connectivity index (χ4v) is 7.44. The Morgan fingerprint density at radius 1 is 0.511 bits per heavy atom. The molecule has 9 aromatic rings. The lowest BCUT2D eigenvalue weighted by Gasteiger charge is -2.28. The first-order valence-electron chi connectivity index (χ1n) is 15.0. The Hall–Kier alpha value is -5.71. The molecule has 0 amide bonds. The standard InChI is InChI=1S/C41H26N2OS/c1-3-11-27(12-4-1)32-15-7-9-17-37(32)43(31-21-24-39-35(26-31)34-16-8-10-18-38(34)45-39)30-20-22-33-29(25-30)19-23-36-40(33)44-41(42-36)28-13-5-2-6-14-28/h1-26H. The largest absolute Gasteiger partial charge is 0.435 e. The number of oxazole rings is 1. The van der Waals surface area contributed by atoms with Crippen molar-refractivity contribution in [3.8, 4) is 22.6 Å². The summed E-state index contributed by atoms with van der Waals surface area (Å²) in [5.74, 6) is 0.636. The maximum atomic E-state index is 6.37. The van der Waals surface area contributed by atoms with E-state index in [1.807, 2.05) is 41.7 Å². The van der Waals surface area contributed by atoms with Crippen LogP contribution < -0.4 is 4.90 Å². The van der Waals surface area contributed by atoms with Crippen LogP contribution in [-0.4, -0.2) is 4.98 Å². The van der Waals surface area contributed by atoms with Gasteiger partial charge in [0.15, 0.2) is 5.58 Å². The fourth-order valence-electron chi connectivity index (χ4n) is 6.36. The molecule has 9 rings (SSSR count). The Balaban J connectivity index is 1.26. The second-order valence-corrected chi connectivity index (χ2v) is 12.3. The van der Waals surface area contributed by atoms with Crippen molar-refractivity contribution in [2.45, 2.75) is 0 Å². The Kier molecular flexibility index (Phi) is 6.00. The molecule has 0 aliphatic heterocycles. The molecule has 0 saturated heterocycles. The molecule has 7 aromatic carbocycles. The van der Waals surface area contributed by atoms with Crippen LogP contribution in [0.5, 0.6) is 0 Å². The number of hydrogen-bond acceptors (Lipinski definition) is 4. The Labute approximate surface area is 264 Å². The van der Waals surface area contributed by atoms with E-state index in [1.54, 1.807) is 0 Å². The van der Waals surface area contributed by atoms with Gasteiger partial charge in [0.2, 0.25) is 5.89 Å². The molecule has 2 aromatic heterocycles. The highest BCUT2D eigenvalue weighted by Gasteiger charge is 2.20. The molecule has 0 saturated carbocycles. The molecule has 3 nitrogen and oxygen atoms in total. The van der Waals surface area contributed by atoms with Crippen molar-refractivity contribution in [3.63, 3.8) is 0 Å². The van der Waals surface area contributed by atoms with Gasteiger partial charge >= 0.3 is 0 Å². The monoisotopic (exact) mass is 594 g/mol. The molecule has 0 aliphatic rings. The number of thiophene rings is 1. The van der Waals surface area contributed by atoms with E-state index in [0.29, 0.717) is 5.89 Å². The van der Waals surface area contributed by atoms with E-state index in [4.69, 9.17) is 9.40 Å². The number of aromatic nitrogens is 1. The first-order valence-corrected chi connectivity index (χ1v) is 15.9. The van der Waals surface area contributed by atoms with Gasteiger partial charge in [0.25, 0.3) is 0 Å². The molecular formula is C41H26N2OS. The van der Waals surface area contributed by atoms with E-state index in [9.17, 15) is 0 Å². The van der Waals surface area contributed by atoms with Crippen molar-refractivity contribution < 1.29 is 4.42 Å². The van der Waals surface area contributed by atoms with Gasteiger partial charge in [0.05, 0.1) is 5.69 Å². The third kappa shape index (κ3) is 4.38. The summed E-state index contributed by atoms with van der Waals surface area (Å²) in [5, 5.41) is 4.70. The van der Waals surface area contributed by atoms with Crippen molar-refractivity contribution in [1.82, 2.24) is 4.98 Å². The second kappa shape index (κ2) is 10.5. The van der Waals surface area contributed by atoms with E-state index < -0.39 is 0 Å². The third-order valence-electron chi connectivity index (χ3n) is 8.48. The summed E-state index contributed by atoms with van der Waals surface area (Å²) < 4.78 is 8.96. The number of rotatable bonds is 5. The minimum atomic E-state index is 0.636. The number of fused-ring (bicyclic) bond motifs is 6. The molecule has 212 valence electrons. The molecule has 0 spiro atoms. The highest BCUT2D eigenvalue weighted by molar-refractivity contribution is 7.25. The van der Waals surface area contributed by atoms with Crippen molar-refractivity contribution >= 4 is 70.4 Å². The Morgan fingerprint density at radius 2 is 1.20 bits per heavy atom. The number of hydrogen-bond donors (Lipinski definition) is 0. The first kappa shape index (κ1) is 25.8. The van der Waals surface area contributed by atoms with Crippen LogP contribution in [0.15, 0.2) is 162 Å². The van der Waals surface area contributed by atoms with Gasteiger partial charge in [-0.3, -0.25) is 0 Å². The molecule has 0 radical (unpaired) electrons. The minimum Gasteiger partial charge on any atom is -0.435 e. The van der Waals surface area contributed by atoms with E-state index in [2.05, 4.69) is 132 Å². The minimum absolute atomic E-state index is 0.636. The van der Waals surface area contributed by atoms with Crippen LogP contribution in [0, 0.1) is 0 Å². The molecule has 0 unspecified atom stereocenters. The first-order chi connectivity index (χ1) is 22.3. The maximum Gasteiger partial charge on any atom is 0.227 e. The molecule has 4 heteroatoms. The Morgan fingerprint density at radius 3 is 2.07 bits per heavy atom. The number of nitrogens with zero attached hydrogens (tertiary/aromatic N) is 2. The van der Waals surface area contributed by atoms with Crippen molar-refractivity contribution in [2.24, 2.45) is 0 Å². The summed E-state index contributed by atoms with van der Waals surface area (Å²) in [6.45, 7) is 0. The van der Waals surface area contributed by atoms with Crippen molar-refractivity contribution in [2.75, 3.05) is 4.90 Å². The highest BCUT2D eigenvalue weighted by Crippen LogP contribution is 2.44. The van der Waals surface area contributed by atoms with Gasteiger partial charge in [0, 0.05) is 48.1 Å². The summed E-state index contributed by atoms with van der Waals surface area (Å²) in [6, 6.07) is 55.7. The average Bonchev–Trinajstić information content (AvgIpc) is 3.71. The van der Waals surface area contributed by atoms with Gasteiger partial charge in [-0.25, -0.2) is 4.98 Å². The summed E-state index contributed by atoms with van der Waals surface area (Å²) >= 11 is 1.84. The van der Waals surface area contributed by atoms with Crippen molar-refractivity contribution in [3.05, 3.63) is 158 Å². The molecule has 0 atom stereocenters. The number of benzene rings is 7. The third-order valence-corrected chi connectivity index (χ3v) is 9.63. The topological polar surface area (TPSA) is 29.3 Å². The zero-order valence-electron chi connectivity index (χ0n) is 24.2. The second-order valence-electron chi connectivity index (χ2n) is 11.2. The Bertz CT molecular complexity index is 2500. The van der Waals surface area contributed by atoms with E-state index in [1.165, 1.54) is 31.3 Å². The zero-order chi connectivity index (χ0) is 29.7.